The molecule has 1 aromatic carbocycles. The minimum Gasteiger partial charge on any atom is -0.398 e. The molecule has 0 bridgehead atoms. The third kappa shape index (κ3) is 1.91. The Labute approximate surface area is 122 Å². The summed E-state index contributed by atoms with van der Waals surface area (Å²) in [6, 6.07) is 8.19. The van der Waals surface area contributed by atoms with Gasteiger partial charge in [0.2, 0.25) is 0 Å². The third-order valence-electron chi connectivity index (χ3n) is 3.99. The van der Waals surface area contributed by atoms with Crippen molar-refractivity contribution in [1.82, 2.24) is 19.6 Å². The van der Waals surface area contributed by atoms with E-state index in [1.807, 2.05) is 25.1 Å². The highest BCUT2D eigenvalue weighted by atomic mass is 15.4. The summed E-state index contributed by atoms with van der Waals surface area (Å²) in [5.41, 5.74) is 10.5. The van der Waals surface area contributed by atoms with Crippen LogP contribution >= 0.6 is 0 Å². The first kappa shape index (κ1) is 12.1. The van der Waals surface area contributed by atoms with Gasteiger partial charge in [0.15, 0.2) is 0 Å². The highest BCUT2D eigenvalue weighted by Crippen LogP contribution is 2.28. The van der Waals surface area contributed by atoms with Crippen LogP contribution in [0.1, 0.15) is 16.8 Å². The summed E-state index contributed by atoms with van der Waals surface area (Å²) >= 11 is 0. The summed E-state index contributed by atoms with van der Waals surface area (Å²) in [7, 11) is 0. The molecule has 1 aliphatic heterocycles. The number of hydrogen-bond acceptors (Lipinski definition) is 5. The summed E-state index contributed by atoms with van der Waals surface area (Å²) in [6.07, 6.45) is 2.52. The molecule has 0 unspecified atom stereocenters. The zero-order valence-corrected chi connectivity index (χ0v) is 11.8. The van der Waals surface area contributed by atoms with Crippen LogP contribution in [0, 0.1) is 6.92 Å². The van der Waals surface area contributed by atoms with Gasteiger partial charge in [-0.3, -0.25) is 0 Å². The van der Waals surface area contributed by atoms with Crippen molar-refractivity contribution < 1.29 is 0 Å². The molecule has 0 radical (unpaired) electrons. The number of rotatable bonds is 1. The van der Waals surface area contributed by atoms with Gasteiger partial charge in [-0.1, -0.05) is 12.1 Å². The molecular weight excluding hydrogens is 264 g/mol. The van der Waals surface area contributed by atoms with E-state index >= 15 is 0 Å². The number of benzene rings is 1. The Morgan fingerprint density at radius 1 is 1.29 bits per heavy atom. The lowest BCUT2D eigenvalue weighted by molar-refractivity contribution is 0.703. The second-order valence-corrected chi connectivity index (χ2v) is 5.38. The molecule has 3 aromatic rings. The minimum absolute atomic E-state index is 0.636. The minimum atomic E-state index is 0.636. The fourth-order valence-corrected chi connectivity index (χ4v) is 2.94. The number of hydrogen-bond donors (Lipinski definition) is 1. The molecule has 4 rings (SSSR count). The molecule has 0 amide bonds. The van der Waals surface area contributed by atoms with Gasteiger partial charge in [-0.15, -0.1) is 0 Å². The Morgan fingerprint density at radius 3 is 3.10 bits per heavy atom. The lowest BCUT2D eigenvalue weighted by atomic mass is 9.98. The van der Waals surface area contributed by atoms with Gasteiger partial charge in [0.1, 0.15) is 12.1 Å². The molecule has 0 saturated carbocycles. The van der Waals surface area contributed by atoms with Crippen molar-refractivity contribution in [3.05, 3.63) is 47.4 Å². The molecular formula is C15H16N6. The van der Waals surface area contributed by atoms with Crippen LogP contribution in [-0.2, 0) is 13.0 Å². The molecule has 3 heterocycles. The monoisotopic (exact) mass is 280 g/mol. The molecule has 0 saturated heterocycles. The lowest BCUT2D eigenvalue weighted by Gasteiger charge is -2.31. The molecule has 21 heavy (non-hydrogen) atoms. The number of aryl methyl sites for hydroxylation is 1. The SMILES string of the molecule is Cc1cc(N2CCc3cccc(N)c3C2)n2ncnc2n1. The summed E-state index contributed by atoms with van der Waals surface area (Å²) < 4.78 is 1.79. The smallest absolute Gasteiger partial charge is 0.254 e. The molecule has 0 fully saturated rings. The Morgan fingerprint density at radius 2 is 2.19 bits per heavy atom. The van der Waals surface area contributed by atoms with Crippen molar-refractivity contribution in [1.29, 1.82) is 0 Å². The molecule has 0 aliphatic carbocycles. The van der Waals surface area contributed by atoms with E-state index in [9.17, 15) is 0 Å². The zero-order chi connectivity index (χ0) is 14.4. The predicted octanol–water partition coefficient (Wildman–Crippen LogP) is 1.58. The predicted molar refractivity (Wildman–Crippen MR) is 81.1 cm³/mol. The van der Waals surface area contributed by atoms with E-state index in [1.54, 1.807) is 4.52 Å². The zero-order valence-electron chi connectivity index (χ0n) is 11.8. The van der Waals surface area contributed by atoms with Crippen molar-refractivity contribution in [2.75, 3.05) is 17.2 Å². The summed E-state index contributed by atoms with van der Waals surface area (Å²) in [6.45, 7) is 3.71. The second kappa shape index (κ2) is 4.44. The highest BCUT2D eigenvalue weighted by molar-refractivity contribution is 5.57. The number of nitrogens with zero attached hydrogens (tertiary/aromatic N) is 5. The Hall–Kier alpha value is -2.63. The lowest BCUT2D eigenvalue weighted by Crippen LogP contribution is -2.32. The summed E-state index contributed by atoms with van der Waals surface area (Å²) in [5, 5.41) is 4.28. The van der Waals surface area contributed by atoms with E-state index in [2.05, 4.69) is 26.0 Å². The van der Waals surface area contributed by atoms with Gasteiger partial charge in [0.05, 0.1) is 0 Å². The van der Waals surface area contributed by atoms with Crippen LogP contribution < -0.4 is 10.6 Å². The topological polar surface area (TPSA) is 72.3 Å². The first-order valence-corrected chi connectivity index (χ1v) is 7.01. The Kier molecular flexibility index (Phi) is 2.57. The van der Waals surface area contributed by atoms with Gasteiger partial charge in [0, 0.05) is 30.5 Å². The van der Waals surface area contributed by atoms with Crippen molar-refractivity contribution >= 4 is 17.3 Å². The van der Waals surface area contributed by atoms with Gasteiger partial charge in [0.25, 0.3) is 5.78 Å². The average Bonchev–Trinajstić information content (AvgIpc) is 2.94. The highest BCUT2D eigenvalue weighted by Gasteiger charge is 2.21. The normalized spacial score (nSPS) is 14.4. The number of aromatic nitrogens is 4. The van der Waals surface area contributed by atoms with E-state index in [1.165, 1.54) is 17.5 Å². The molecule has 2 aromatic heterocycles. The van der Waals surface area contributed by atoms with E-state index in [4.69, 9.17) is 5.73 Å². The molecule has 6 heteroatoms. The van der Waals surface area contributed by atoms with Gasteiger partial charge >= 0.3 is 0 Å². The van der Waals surface area contributed by atoms with Crippen LogP contribution in [0.5, 0.6) is 0 Å². The maximum Gasteiger partial charge on any atom is 0.254 e. The van der Waals surface area contributed by atoms with Crippen molar-refractivity contribution in [3.63, 3.8) is 0 Å². The molecule has 0 atom stereocenters. The first-order chi connectivity index (χ1) is 10.2. The van der Waals surface area contributed by atoms with Gasteiger partial charge < -0.3 is 10.6 Å². The summed E-state index contributed by atoms with van der Waals surface area (Å²) in [5.74, 6) is 1.65. The Bertz CT molecular complexity index is 822. The van der Waals surface area contributed by atoms with Gasteiger partial charge in [-0.2, -0.15) is 14.6 Å². The average molecular weight is 280 g/mol. The largest absolute Gasteiger partial charge is 0.398 e. The number of nitrogen functional groups attached to an aromatic ring is 1. The quantitative estimate of drug-likeness (QED) is 0.685. The van der Waals surface area contributed by atoms with Crippen LogP contribution in [0.3, 0.4) is 0 Å². The van der Waals surface area contributed by atoms with E-state index in [0.29, 0.717) is 5.78 Å². The van der Waals surface area contributed by atoms with Crippen molar-refractivity contribution in [2.24, 2.45) is 0 Å². The van der Waals surface area contributed by atoms with Crippen LogP contribution in [0.4, 0.5) is 11.5 Å². The number of anilines is 2. The Balaban J connectivity index is 1.81. The summed E-state index contributed by atoms with van der Waals surface area (Å²) in [4.78, 5) is 10.9. The van der Waals surface area contributed by atoms with Crippen LogP contribution in [0.15, 0.2) is 30.6 Å². The molecule has 1 aliphatic rings. The first-order valence-electron chi connectivity index (χ1n) is 7.01. The third-order valence-corrected chi connectivity index (χ3v) is 3.99. The molecule has 0 spiro atoms. The maximum atomic E-state index is 6.13. The van der Waals surface area contributed by atoms with E-state index in [0.717, 1.165) is 36.7 Å². The molecule has 2 N–H and O–H groups in total. The van der Waals surface area contributed by atoms with Crippen LogP contribution in [-0.4, -0.2) is 26.1 Å². The fourth-order valence-electron chi connectivity index (χ4n) is 2.94. The maximum absolute atomic E-state index is 6.13. The van der Waals surface area contributed by atoms with Gasteiger partial charge in [-0.25, -0.2) is 4.98 Å². The number of fused-ring (bicyclic) bond motifs is 2. The fraction of sp³-hybridized carbons (Fsp3) is 0.267. The number of nitrogens with two attached hydrogens (primary N) is 1. The second-order valence-electron chi connectivity index (χ2n) is 5.38. The van der Waals surface area contributed by atoms with Crippen LogP contribution in [0.2, 0.25) is 0 Å². The van der Waals surface area contributed by atoms with E-state index < -0.39 is 0 Å². The molecule has 106 valence electrons. The van der Waals surface area contributed by atoms with Gasteiger partial charge in [-0.05, 0) is 30.5 Å². The van der Waals surface area contributed by atoms with Crippen LogP contribution in [0.25, 0.3) is 5.78 Å². The molecule has 6 nitrogen and oxygen atoms in total. The van der Waals surface area contributed by atoms with Crippen molar-refractivity contribution in [3.8, 4) is 0 Å². The van der Waals surface area contributed by atoms with E-state index in [-0.39, 0.29) is 0 Å². The standard InChI is InChI=1S/C15H16N6/c1-10-7-14(21-15(19-10)17-9-18-21)20-6-5-11-3-2-4-13(16)12(11)8-20/h2-4,7,9H,5-6,8,16H2,1H3. The van der Waals surface area contributed by atoms with Crippen molar-refractivity contribution in [2.45, 2.75) is 19.9 Å².